The first kappa shape index (κ1) is 29.5. The lowest BCUT2D eigenvalue weighted by atomic mass is 10.0. The number of nitrogens with one attached hydrogen (secondary N) is 2. The van der Waals surface area contributed by atoms with Crippen LogP contribution in [0.5, 0.6) is 0 Å². The van der Waals surface area contributed by atoms with E-state index in [0.29, 0.717) is 15.6 Å². The number of amides is 1. The third-order valence-electron chi connectivity index (χ3n) is 6.51. The Labute approximate surface area is 238 Å². The number of H-pyrrole nitrogens is 1. The number of nitrogens with zero attached hydrogens (tertiary/aromatic N) is 1. The van der Waals surface area contributed by atoms with Crippen LogP contribution in [0.3, 0.4) is 0 Å². The van der Waals surface area contributed by atoms with Crippen LogP contribution in [0.2, 0.25) is 10.0 Å². The molecule has 3 aromatic carbocycles. The van der Waals surface area contributed by atoms with Crippen molar-refractivity contribution in [3.05, 3.63) is 94.0 Å². The van der Waals surface area contributed by atoms with Gasteiger partial charge in [0.05, 0.1) is 10.0 Å². The first-order valence-corrected chi connectivity index (χ1v) is 13.2. The van der Waals surface area contributed by atoms with E-state index >= 15 is 0 Å². The van der Waals surface area contributed by atoms with Crippen molar-refractivity contribution < 1.29 is 27.9 Å². The summed E-state index contributed by atoms with van der Waals surface area (Å²) >= 11 is 12.3. The van der Waals surface area contributed by atoms with Gasteiger partial charge in [0.1, 0.15) is 0 Å². The monoisotopic (exact) mass is 591 g/mol. The number of carbonyl (C=O) groups is 2. The van der Waals surface area contributed by atoms with Crippen LogP contribution in [0.25, 0.3) is 22.2 Å². The molecule has 0 bridgehead atoms. The maximum atomic E-state index is 13.0. The van der Waals surface area contributed by atoms with Crippen molar-refractivity contribution in [3.63, 3.8) is 0 Å². The van der Waals surface area contributed by atoms with Gasteiger partial charge in [0, 0.05) is 47.8 Å². The van der Waals surface area contributed by atoms with Gasteiger partial charge in [-0.3, -0.25) is 9.69 Å². The number of piperidine rings is 1. The largest absolute Gasteiger partial charge is 0.490 e. The second-order valence-corrected chi connectivity index (χ2v) is 10.2. The van der Waals surface area contributed by atoms with Crippen LogP contribution in [0.1, 0.15) is 28.8 Å². The normalized spacial score (nSPS) is 14.4. The van der Waals surface area contributed by atoms with Gasteiger partial charge in [-0.15, -0.1) is 0 Å². The molecule has 40 heavy (non-hydrogen) atoms. The van der Waals surface area contributed by atoms with Crippen LogP contribution < -0.4 is 5.32 Å². The van der Waals surface area contributed by atoms with E-state index in [-0.39, 0.29) is 11.9 Å². The molecule has 3 N–H and O–H groups in total. The quantitative estimate of drug-likeness (QED) is 0.230. The fraction of sp³-hybridized carbons (Fsp3) is 0.241. The molecule has 11 heteroatoms. The predicted molar refractivity (Wildman–Crippen MR) is 150 cm³/mol. The molecule has 0 radical (unpaired) electrons. The van der Waals surface area contributed by atoms with Gasteiger partial charge in [-0.1, -0.05) is 65.7 Å². The van der Waals surface area contributed by atoms with Crippen LogP contribution >= 0.6 is 23.2 Å². The van der Waals surface area contributed by atoms with Crippen LogP contribution in [-0.2, 0) is 11.3 Å². The van der Waals surface area contributed by atoms with E-state index in [1.807, 2.05) is 48.5 Å². The molecule has 1 amide bonds. The Morgan fingerprint density at radius 2 is 1.60 bits per heavy atom. The van der Waals surface area contributed by atoms with Gasteiger partial charge < -0.3 is 15.4 Å². The lowest BCUT2D eigenvalue weighted by Crippen LogP contribution is -2.44. The van der Waals surface area contributed by atoms with Crippen molar-refractivity contribution in [2.45, 2.75) is 31.6 Å². The number of benzene rings is 3. The molecule has 4 aromatic rings. The molecule has 1 aliphatic heterocycles. The summed E-state index contributed by atoms with van der Waals surface area (Å²) in [5.74, 6) is -2.78. The van der Waals surface area contributed by atoms with Crippen LogP contribution in [0, 0.1) is 0 Å². The molecule has 0 saturated carbocycles. The highest BCUT2D eigenvalue weighted by atomic mass is 35.5. The van der Waals surface area contributed by atoms with E-state index in [4.69, 9.17) is 33.1 Å². The lowest BCUT2D eigenvalue weighted by Gasteiger charge is -2.32. The number of aromatic amines is 1. The maximum Gasteiger partial charge on any atom is 0.490 e. The molecule has 2 heterocycles. The molecule has 6 nitrogen and oxygen atoms in total. The summed E-state index contributed by atoms with van der Waals surface area (Å²) in [6.07, 6.45) is -3.16. The Hall–Kier alpha value is -3.53. The van der Waals surface area contributed by atoms with Gasteiger partial charge >= 0.3 is 12.1 Å². The summed E-state index contributed by atoms with van der Waals surface area (Å²) in [5.41, 5.74) is 4.78. The number of hydrogen-bond donors (Lipinski definition) is 3. The standard InChI is InChI=1S/C27H25Cl2N3O.C2HF3O2/c28-23-14-21-15-25(31-26(21)16-24(23)29)19-7-4-8-20(13-19)27(33)30-22-9-11-32(12-10-22)17-18-5-2-1-3-6-18;3-2(4,5)1(6)7/h1-8,13-16,22,31H,9-12,17H2,(H,30,33);(H,6,7). The fourth-order valence-electron chi connectivity index (χ4n) is 4.46. The Morgan fingerprint density at radius 1 is 0.950 bits per heavy atom. The van der Waals surface area contributed by atoms with Crippen molar-refractivity contribution in [1.29, 1.82) is 0 Å². The average molecular weight is 592 g/mol. The molecular weight excluding hydrogens is 566 g/mol. The molecule has 1 fully saturated rings. The van der Waals surface area contributed by atoms with Crippen LogP contribution in [-0.4, -0.2) is 52.2 Å². The number of carboxylic acids is 1. The number of fused-ring (bicyclic) bond motifs is 1. The van der Waals surface area contributed by atoms with Crippen molar-refractivity contribution >= 4 is 46.0 Å². The van der Waals surface area contributed by atoms with E-state index in [1.54, 1.807) is 0 Å². The van der Waals surface area contributed by atoms with Crippen molar-refractivity contribution in [3.8, 4) is 11.3 Å². The smallest absolute Gasteiger partial charge is 0.475 e. The number of aliphatic carboxylic acids is 1. The summed E-state index contributed by atoms with van der Waals surface area (Å²) < 4.78 is 31.7. The molecule has 0 atom stereocenters. The third kappa shape index (κ3) is 7.78. The van der Waals surface area contributed by atoms with E-state index in [9.17, 15) is 18.0 Å². The Morgan fingerprint density at radius 3 is 2.25 bits per heavy atom. The number of likely N-dealkylation sites (tertiary alicyclic amines) is 1. The molecule has 0 spiro atoms. The Bertz CT molecular complexity index is 1450. The van der Waals surface area contributed by atoms with Crippen LogP contribution in [0.15, 0.2) is 72.8 Å². The molecule has 1 aromatic heterocycles. The Balaban J connectivity index is 0.000000470. The topological polar surface area (TPSA) is 85.4 Å². The number of halogens is 5. The summed E-state index contributed by atoms with van der Waals surface area (Å²) in [7, 11) is 0. The fourth-order valence-corrected chi connectivity index (χ4v) is 4.79. The Kier molecular flexibility index (Phi) is 9.40. The van der Waals surface area contributed by atoms with E-state index < -0.39 is 12.1 Å². The summed E-state index contributed by atoms with van der Waals surface area (Å²) in [6, 6.07) is 24.1. The predicted octanol–water partition coefficient (Wildman–Crippen LogP) is 7.17. The van der Waals surface area contributed by atoms with E-state index in [1.165, 1.54) is 5.56 Å². The van der Waals surface area contributed by atoms with Gasteiger partial charge in [0.2, 0.25) is 0 Å². The van der Waals surface area contributed by atoms with Gasteiger partial charge in [0.15, 0.2) is 0 Å². The second-order valence-electron chi connectivity index (χ2n) is 9.43. The second kappa shape index (κ2) is 12.8. The van der Waals surface area contributed by atoms with Gasteiger partial charge in [-0.25, -0.2) is 4.79 Å². The summed E-state index contributed by atoms with van der Waals surface area (Å²) in [6.45, 7) is 2.94. The zero-order valence-corrected chi connectivity index (χ0v) is 22.7. The molecule has 0 aliphatic carbocycles. The lowest BCUT2D eigenvalue weighted by molar-refractivity contribution is -0.192. The SMILES string of the molecule is O=C(NC1CCN(Cc2ccccc2)CC1)c1cccc(-c2cc3cc(Cl)c(Cl)cc3[nH]2)c1.O=C(O)C(F)(F)F. The van der Waals surface area contributed by atoms with Crippen molar-refractivity contribution in [1.82, 2.24) is 15.2 Å². The average Bonchev–Trinajstić information content (AvgIpc) is 3.33. The molecule has 210 valence electrons. The van der Waals surface area contributed by atoms with Gasteiger partial charge in [-0.05, 0) is 54.3 Å². The number of aromatic nitrogens is 1. The number of alkyl halides is 3. The zero-order valence-electron chi connectivity index (χ0n) is 21.1. The first-order valence-electron chi connectivity index (χ1n) is 12.4. The number of hydrogen-bond acceptors (Lipinski definition) is 3. The molecule has 0 unspecified atom stereocenters. The highest BCUT2D eigenvalue weighted by Gasteiger charge is 2.38. The maximum absolute atomic E-state index is 13.0. The number of rotatable bonds is 5. The summed E-state index contributed by atoms with van der Waals surface area (Å²) in [4.78, 5) is 27.7. The zero-order chi connectivity index (χ0) is 28.9. The van der Waals surface area contributed by atoms with Crippen molar-refractivity contribution in [2.24, 2.45) is 0 Å². The minimum absolute atomic E-state index is 0.0273. The third-order valence-corrected chi connectivity index (χ3v) is 7.23. The van der Waals surface area contributed by atoms with Gasteiger partial charge in [-0.2, -0.15) is 13.2 Å². The minimum atomic E-state index is -5.08. The van der Waals surface area contributed by atoms with E-state index in [0.717, 1.165) is 54.6 Å². The summed E-state index contributed by atoms with van der Waals surface area (Å²) in [5, 5.41) is 12.4. The van der Waals surface area contributed by atoms with Crippen molar-refractivity contribution in [2.75, 3.05) is 13.1 Å². The molecular formula is C29H26Cl2F3N3O3. The highest BCUT2D eigenvalue weighted by molar-refractivity contribution is 6.42. The molecule has 5 rings (SSSR count). The minimum Gasteiger partial charge on any atom is -0.475 e. The highest BCUT2D eigenvalue weighted by Crippen LogP contribution is 2.31. The first-order chi connectivity index (χ1) is 19.0. The van der Waals surface area contributed by atoms with Gasteiger partial charge in [0.25, 0.3) is 5.91 Å². The van der Waals surface area contributed by atoms with Crippen LogP contribution in [0.4, 0.5) is 13.2 Å². The van der Waals surface area contributed by atoms with E-state index in [2.05, 4.69) is 39.5 Å². The molecule has 1 aliphatic rings. The number of carboxylic acid groups (broad SMARTS) is 1. The molecule has 1 saturated heterocycles. The number of carbonyl (C=O) groups excluding carboxylic acids is 1.